The molecule has 0 bridgehead atoms. The summed E-state index contributed by atoms with van der Waals surface area (Å²) in [6.45, 7) is 3.18. The second kappa shape index (κ2) is 7.85. The largest absolute Gasteiger partial charge is 0.493 e. The molecule has 1 fully saturated rings. The number of morpholine rings is 1. The van der Waals surface area contributed by atoms with E-state index >= 15 is 0 Å². The van der Waals surface area contributed by atoms with E-state index in [1.165, 1.54) is 0 Å². The van der Waals surface area contributed by atoms with Gasteiger partial charge in [0.15, 0.2) is 18.1 Å². The number of ether oxygens (including phenoxy) is 3. The van der Waals surface area contributed by atoms with E-state index in [-0.39, 0.29) is 12.5 Å². The molecule has 0 aromatic heterocycles. The molecule has 116 valence electrons. The zero-order valence-corrected chi connectivity index (χ0v) is 12.6. The van der Waals surface area contributed by atoms with Crippen LogP contribution in [0.5, 0.6) is 11.5 Å². The summed E-state index contributed by atoms with van der Waals surface area (Å²) < 4.78 is 16.1. The molecule has 0 spiro atoms. The van der Waals surface area contributed by atoms with Gasteiger partial charge in [-0.05, 0) is 24.7 Å². The Morgan fingerprint density at radius 1 is 1.33 bits per heavy atom. The molecule has 1 aliphatic heterocycles. The summed E-state index contributed by atoms with van der Waals surface area (Å²) in [5.41, 5.74) is 1.08. The lowest BCUT2D eigenvalue weighted by Gasteiger charge is -2.26. The molecular formula is C15H22N2O4. The first-order chi connectivity index (χ1) is 10.2. The van der Waals surface area contributed by atoms with Gasteiger partial charge in [0.2, 0.25) is 0 Å². The molecule has 2 rings (SSSR count). The average Bonchev–Trinajstić information content (AvgIpc) is 2.54. The quantitative estimate of drug-likeness (QED) is 0.835. The highest BCUT2D eigenvalue weighted by Crippen LogP contribution is 2.28. The Kier molecular flexibility index (Phi) is 5.83. The van der Waals surface area contributed by atoms with Gasteiger partial charge in [0.25, 0.3) is 5.91 Å². The molecule has 6 nitrogen and oxygen atoms in total. The monoisotopic (exact) mass is 294 g/mol. The highest BCUT2D eigenvalue weighted by atomic mass is 16.5. The number of amides is 1. The van der Waals surface area contributed by atoms with Crippen LogP contribution in [0, 0.1) is 0 Å². The van der Waals surface area contributed by atoms with E-state index in [0.29, 0.717) is 37.8 Å². The van der Waals surface area contributed by atoms with Gasteiger partial charge in [-0.15, -0.1) is 0 Å². The van der Waals surface area contributed by atoms with Gasteiger partial charge in [0, 0.05) is 19.6 Å². The molecule has 0 saturated carbocycles. The summed E-state index contributed by atoms with van der Waals surface area (Å²) >= 11 is 0. The van der Waals surface area contributed by atoms with E-state index in [9.17, 15) is 4.79 Å². The van der Waals surface area contributed by atoms with Crippen LogP contribution in [0.15, 0.2) is 18.2 Å². The normalized spacial score (nSPS) is 14.9. The minimum absolute atomic E-state index is 0.0133. The van der Waals surface area contributed by atoms with Crippen LogP contribution in [0.4, 0.5) is 0 Å². The van der Waals surface area contributed by atoms with Crippen molar-refractivity contribution in [2.45, 2.75) is 6.54 Å². The second-order valence-corrected chi connectivity index (χ2v) is 4.80. The maximum Gasteiger partial charge on any atom is 0.260 e. The van der Waals surface area contributed by atoms with Crippen molar-refractivity contribution in [2.75, 3.05) is 47.1 Å². The smallest absolute Gasteiger partial charge is 0.260 e. The number of nitrogens with zero attached hydrogens (tertiary/aromatic N) is 1. The minimum Gasteiger partial charge on any atom is -0.493 e. The molecular weight excluding hydrogens is 272 g/mol. The van der Waals surface area contributed by atoms with Crippen molar-refractivity contribution < 1.29 is 19.0 Å². The van der Waals surface area contributed by atoms with Crippen molar-refractivity contribution >= 4 is 5.91 Å². The fourth-order valence-corrected chi connectivity index (χ4v) is 2.19. The Morgan fingerprint density at radius 3 is 2.76 bits per heavy atom. The second-order valence-electron chi connectivity index (χ2n) is 4.80. The van der Waals surface area contributed by atoms with E-state index in [1.807, 2.05) is 25.2 Å². The lowest BCUT2D eigenvalue weighted by Crippen LogP contribution is -2.43. The number of rotatable bonds is 6. The fraction of sp³-hybridized carbons (Fsp3) is 0.533. The van der Waals surface area contributed by atoms with Crippen molar-refractivity contribution in [3.05, 3.63) is 23.8 Å². The van der Waals surface area contributed by atoms with E-state index in [4.69, 9.17) is 14.2 Å². The van der Waals surface area contributed by atoms with Gasteiger partial charge in [0.05, 0.1) is 20.3 Å². The molecule has 0 atom stereocenters. The molecule has 0 unspecified atom stereocenters. The highest BCUT2D eigenvalue weighted by Gasteiger charge is 2.18. The summed E-state index contributed by atoms with van der Waals surface area (Å²) in [5, 5.41) is 3.08. The SMILES string of the molecule is CNCc1ccc(OC)c(OCC(=O)N2CCOCC2)c1. The van der Waals surface area contributed by atoms with E-state index < -0.39 is 0 Å². The summed E-state index contributed by atoms with van der Waals surface area (Å²) in [4.78, 5) is 13.8. The number of nitrogens with one attached hydrogen (secondary N) is 1. The zero-order valence-electron chi connectivity index (χ0n) is 12.6. The van der Waals surface area contributed by atoms with Crippen LogP contribution in [0.3, 0.4) is 0 Å². The van der Waals surface area contributed by atoms with Crippen molar-refractivity contribution in [1.29, 1.82) is 0 Å². The highest BCUT2D eigenvalue weighted by molar-refractivity contribution is 5.78. The third-order valence-corrected chi connectivity index (χ3v) is 3.32. The third-order valence-electron chi connectivity index (χ3n) is 3.32. The average molecular weight is 294 g/mol. The number of methoxy groups -OCH3 is 1. The maximum atomic E-state index is 12.1. The van der Waals surface area contributed by atoms with Crippen LogP contribution in [0.25, 0.3) is 0 Å². The summed E-state index contributed by atoms with van der Waals surface area (Å²) in [6.07, 6.45) is 0. The van der Waals surface area contributed by atoms with Crippen molar-refractivity contribution in [3.63, 3.8) is 0 Å². The Balaban J connectivity index is 1.97. The number of carbonyl (C=O) groups excluding carboxylic acids is 1. The van der Waals surface area contributed by atoms with E-state index in [1.54, 1.807) is 12.0 Å². The Hall–Kier alpha value is -1.79. The van der Waals surface area contributed by atoms with E-state index in [2.05, 4.69) is 5.32 Å². The predicted octanol–water partition coefficient (Wildman–Crippen LogP) is 0.652. The Morgan fingerprint density at radius 2 is 2.10 bits per heavy atom. The van der Waals surface area contributed by atoms with Crippen molar-refractivity contribution in [2.24, 2.45) is 0 Å². The molecule has 1 saturated heterocycles. The summed E-state index contributed by atoms with van der Waals surface area (Å²) in [7, 11) is 3.47. The van der Waals surface area contributed by atoms with Crippen molar-refractivity contribution in [3.8, 4) is 11.5 Å². The van der Waals surface area contributed by atoms with Gasteiger partial charge in [0.1, 0.15) is 0 Å². The Bertz CT molecular complexity index is 473. The molecule has 0 radical (unpaired) electrons. The lowest BCUT2D eigenvalue weighted by molar-refractivity contribution is -0.137. The van der Waals surface area contributed by atoms with Crippen LogP contribution in [0.1, 0.15) is 5.56 Å². The number of benzene rings is 1. The zero-order chi connectivity index (χ0) is 15.1. The molecule has 1 aliphatic rings. The van der Waals surface area contributed by atoms with Gasteiger partial charge in [-0.1, -0.05) is 6.07 Å². The Labute approximate surface area is 125 Å². The topological polar surface area (TPSA) is 60.0 Å². The van der Waals surface area contributed by atoms with Crippen molar-refractivity contribution in [1.82, 2.24) is 10.2 Å². The first-order valence-electron chi connectivity index (χ1n) is 7.04. The minimum atomic E-state index is -0.0284. The molecule has 1 N–H and O–H groups in total. The van der Waals surface area contributed by atoms with Gasteiger partial charge in [-0.3, -0.25) is 4.79 Å². The summed E-state index contributed by atoms with van der Waals surface area (Å²) in [6, 6.07) is 5.70. The lowest BCUT2D eigenvalue weighted by atomic mass is 10.2. The number of carbonyl (C=O) groups is 1. The first kappa shape index (κ1) is 15.6. The molecule has 1 aromatic rings. The summed E-state index contributed by atoms with van der Waals surface area (Å²) in [5.74, 6) is 1.19. The van der Waals surface area contributed by atoms with Gasteiger partial charge in [-0.25, -0.2) is 0 Å². The van der Waals surface area contributed by atoms with Gasteiger partial charge >= 0.3 is 0 Å². The maximum absolute atomic E-state index is 12.1. The standard InChI is InChI=1S/C15H22N2O4/c1-16-10-12-3-4-13(19-2)14(9-12)21-11-15(18)17-5-7-20-8-6-17/h3-4,9,16H,5-8,10-11H2,1-2H3. The molecule has 0 aliphatic carbocycles. The van der Waals surface area contributed by atoms with E-state index in [0.717, 1.165) is 12.1 Å². The van der Waals surface area contributed by atoms with Crippen LogP contribution < -0.4 is 14.8 Å². The molecule has 6 heteroatoms. The number of hydrogen-bond donors (Lipinski definition) is 1. The van der Waals surface area contributed by atoms with Gasteiger partial charge < -0.3 is 24.4 Å². The molecule has 21 heavy (non-hydrogen) atoms. The van der Waals surface area contributed by atoms with Crippen LogP contribution in [-0.4, -0.2) is 57.9 Å². The first-order valence-corrected chi connectivity index (χ1v) is 7.04. The van der Waals surface area contributed by atoms with Crippen LogP contribution >= 0.6 is 0 Å². The molecule has 1 aromatic carbocycles. The van der Waals surface area contributed by atoms with Crippen LogP contribution in [0.2, 0.25) is 0 Å². The van der Waals surface area contributed by atoms with Gasteiger partial charge in [-0.2, -0.15) is 0 Å². The molecule has 1 amide bonds. The predicted molar refractivity (Wildman–Crippen MR) is 78.7 cm³/mol. The number of hydrogen-bond acceptors (Lipinski definition) is 5. The molecule has 1 heterocycles. The van der Waals surface area contributed by atoms with Crippen LogP contribution in [-0.2, 0) is 16.1 Å². The third kappa shape index (κ3) is 4.34. The fourth-order valence-electron chi connectivity index (χ4n) is 2.19.